The number of hydrogen-bond acceptors (Lipinski definition) is 2. The molecule has 0 aliphatic rings. The molecule has 8 heavy (non-hydrogen) atoms. The first-order valence-corrected chi connectivity index (χ1v) is 2.53. The molecule has 0 amide bonds. The van der Waals surface area contributed by atoms with Crippen molar-refractivity contribution in [2.24, 2.45) is 5.73 Å². The maximum absolute atomic E-state index is 5.04. The zero-order valence-electron chi connectivity index (χ0n) is 5.31. The highest BCUT2D eigenvalue weighted by Gasteiger charge is 1.68. The lowest BCUT2D eigenvalue weighted by Crippen LogP contribution is -1.94. The van der Waals surface area contributed by atoms with Crippen LogP contribution in [0.2, 0.25) is 0 Å². The van der Waals surface area contributed by atoms with E-state index in [-0.39, 0.29) is 0 Å². The van der Waals surface area contributed by atoms with Gasteiger partial charge in [-0.25, -0.2) is 0 Å². The van der Waals surface area contributed by atoms with Crippen LogP contribution >= 0.6 is 0 Å². The Morgan fingerprint density at radius 1 is 1.50 bits per heavy atom. The van der Waals surface area contributed by atoms with Crippen LogP contribution in [0.4, 0.5) is 0 Å². The van der Waals surface area contributed by atoms with Gasteiger partial charge in [0, 0.05) is 12.4 Å². The fourth-order valence-electron chi connectivity index (χ4n) is 0.270. The van der Waals surface area contributed by atoms with Gasteiger partial charge in [0.1, 0.15) is 0 Å². The highest BCUT2D eigenvalue weighted by Crippen LogP contribution is 1.82. The summed E-state index contributed by atoms with van der Waals surface area (Å²) in [6.45, 7) is 4.02. The summed E-state index contributed by atoms with van der Waals surface area (Å²) in [5, 5.41) is 2.87. The van der Waals surface area contributed by atoms with Crippen molar-refractivity contribution < 1.29 is 0 Å². The highest BCUT2D eigenvalue weighted by molar-refractivity contribution is 4.94. The molecule has 0 bridgehead atoms. The van der Waals surface area contributed by atoms with Crippen LogP contribution in [0.3, 0.4) is 0 Å². The lowest BCUT2D eigenvalue weighted by atomic mass is 10.4. The highest BCUT2D eigenvalue weighted by atomic mass is 14.8. The summed E-state index contributed by atoms with van der Waals surface area (Å²) < 4.78 is 0. The number of rotatable bonds is 2. The second kappa shape index (κ2) is 4.24. The second-order valence-corrected chi connectivity index (χ2v) is 1.75. The molecule has 2 heteroatoms. The van der Waals surface area contributed by atoms with Crippen molar-refractivity contribution in [2.45, 2.75) is 13.8 Å². The molecule has 0 aromatic rings. The molecule has 0 fully saturated rings. The topological polar surface area (TPSA) is 38.0 Å². The molecule has 3 N–H and O–H groups in total. The lowest BCUT2D eigenvalue weighted by molar-refractivity contribution is 1.14. The van der Waals surface area contributed by atoms with E-state index in [0.29, 0.717) is 0 Å². The first kappa shape index (κ1) is 7.08. The Bertz CT molecular complexity index is 99.1. The van der Waals surface area contributed by atoms with Gasteiger partial charge in [0.05, 0.1) is 0 Å². The zero-order chi connectivity index (χ0) is 6.41. The van der Waals surface area contributed by atoms with Gasteiger partial charge < -0.3 is 11.1 Å². The van der Waals surface area contributed by atoms with Crippen LogP contribution in [0.5, 0.6) is 0 Å². The number of nitrogens with two attached hydrogens (primary N) is 1. The van der Waals surface area contributed by atoms with Gasteiger partial charge in [-0.1, -0.05) is 5.57 Å². The molecule has 0 heterocycles. The van der Waals surface area contributed by atoms with Gasteiger partial charge in [-0.3, -0.25) is 0 Å². The lowest BCUT2D eigenvalue weighted by Gasteiger charge is -1.88. The molecule has 0 rings (SSSR count). The van der Waals surface area contributed by atoms with E-state index in [1.54, 1.807) is 6.20 Å². The van der Waals surface area contributed by atoms with Gasteiger partial charge in [0.15, 0.2) is 0 Å². The van der Waals surface area contributed by atoms with Crippen molar-refractivity contribution >= 4 is 0 Å². The predicted molar refractivity (Wildman–Crippen MR) is 35.9 cm³/mol. The summed E-state index contributed by atoms with van der Waals surface area (Å²) in [6.07, 6.45) is 5.01. The van der Waals surface area contributed by atoms with Gasteiger partial charge in [0.2, 0.25) is 0 Å². The maximum Gasteiger partial charge on any atom is 0.0162 e. The van der Waals surface area contributed by atoms with Crippen LogP contribution in [0.1, 0.15) is 13.8 Å². The standard InChI is InChI=1S/C6H12N2/c1-6(2)5-8-4-3-7/h3-5,8H,7H2,1-2H3/b4-3-. The van der Waals surface area contributed by atoms with Gasteiger partial charge in [-0.05, 0) is 20.0 Å². The summed E-state index contributed by atoms with van der Waals surface area (Å²) in [7, 11) is 0. The van der Waals surface area contributed by atoms with Crippen molar-refractivity contribution in [1.29, 1.82) is 0 Å². The average Bonchev–Trinajstić information content (AvgIpc) is 1.66. The van der Waals surface area contributed by atoms with Crippen LogP contribution in [0.25, 0.3) is 0 Å². The van der Waals surface area contributed by atoms with E-state index in [9.17, 15) is 0 Å². The van der Waals surface area contributed by atoms with Crippen molar-refractivity contribution in [3.05, 3.63) is 24.2 Å². The van der Waals surface area contributed by atoms with Crippen LogP contribution in [-0.2, 0) is 0 Å². The molecule has 0 saturated carbocycles. The molecule has 2 nitrogen and oxygen atoms in total. The molecule has 46 valence electrons. The average molecular weight is 112 g/mol. The molecule has 0 aromatic heterocycles. The monoisotopic (exact) mass is 112 g/mol. The minimum absolute atomic E-state index is 1.23. The van der Waals surface area contributed by atoms with Crippen LogP contribution in [0.15, 0.2) is 24.2 Å². The fraction of sp³-hybridized carbons (Fsp3) is 0.333. The third-order valence-electron chi connectivity index (χ3n) is 0.564. The minimum Gasteiger partial charge on any atom is -0.403 e. The van der Waals surface area contributed by atoms with E-state index in [2.05, 4.69) is 5.32 Å². The van der Waals surface area contributed by atoms with Crippen molar-refractivity contribution in [1.82, 2.24) is 5.32 Å². The summed E-state index contributed by atoms with van der Waals surface area (Å²) >= 11 is 0. The quantitative estimate of drug-likeness (QED) is 0.557. The summed E-state index contributed by atoms with van der Waals surface area (Å²) in [6, 6.07) is 0. The van der Waals surface area contributed by atoms with Crippen LogP contribution < -0.4 is 11.1 Å². The Morgan fingerprint density at radius 3 is 2.50 bits per heavy atom. The van der Waals surface area contributed by atoms with Gasteiger partial charge in [-0.15, -0.1) is 0 Å². The molecular weight excluding hydrogens is 100 g/mol. The molecule has 0 unspecified atom stereocenters. The molecule has 0 radical (unpaired) electrons. The van der Waals surface area contributed by atoms with Crippen molar-refractivity contribution in [3.63, 3.8) is 0 Å². The molecular formula is C6H12N2. The zero-order valence-corrected chi connectivity index (χ0v) is 5.31. The molecule has 0 aliphatic heterocycles. The SMILES string of the molecule is CC(C)=CN/C=C\N. The van der Waals surface area contributed by atoms with Gasteiger partial charge >= 0.3 is 0 Å². The fourth-order valence-corrected chi connectivity index (χ4v) is 0.270. The Kier molecular flexibility index (Phi) is 3.76. The third-order valence-corrected chi connectivity index (χ3v) is 0.564. The molecule has 0 saturated heterocycles. The minimum atomic E-state index is 1.23. The van der Waals surface area contributed by atoms with E-state index >= 15 is 0 Å². The number of allylic oxidation sites excluding steroid dienone is 1. The van der Waals surface area contributed by atoms with E-state index in [0.717, 1.165) is 0 Å². The number of hydrogen-bond donors (Lipinski definition) is 2. The second-order valence-electron chi connectivity index (χ2n) is 1.75. The van der Waals surface area contributed by atoms with Gasteiger partial charge in [0.25, 0.3) is 0 Å². The summed E-state index contributed by atoms with van der Waals surface area (Å²) in [4.78, 5) is 0. The first-order chi connectivity index (χ1) is 3.77. The largest absolute Gasteiger partial charge is 0.403 e. The first-order valence-electron chi connectivity index (χ1n) is 2.53. The maximum atomic E-state index is 5.04. The Hall–Kier alpha value is -0.920. The van der Waals surface area contributed by atoms with E-state index in [4.69, 9.17) is 5.73 Å². The molecule has 0 atom stereocenters. The third kappa shape index (κ3) is 5.08. The Morgan fingerprint density at radius 2 is 2.12 bits per heavy atom. The summed E-state index contributed by atoms with van der Waals surface area (Å²) in [5.74, 6) is 0. The Labute approximate surface area is 50.1 Å². The smallest absolute Gasteiger partial charge is 0.0162 e. The van der Waals surface area contributed by atoms with E-state index in [1.165, 1.54) is 11.8 Å². The molecule has 0 spiro atoms. The molecule has 0 aliphatic carbocycles. The normalized spacial score (nSPS) is 9.25. The van der Waals surface area contributed by atoms with Crippen molar-refractivity contribution in [2.75, 3.05) is 0 Å². The van der Waals surface area contributed by atoms with Crippen LogP contribution in [-0.4, -0.2) is 0 Å². The van der Waals surface area contributed by atoms with Crippen LogP contribution in [0, 0.1) is 0 Å². The van der Waals surface area contributed by atoms with E-state index in [1.807, 2.05) is 20.0 Å². The number of nitrogens with one attached hydrogen (secondary N) is 1. The predicted octanol–water partition coefficient (Wildman–Crippen LogP) is 0.930. The summed E-state index contributed by atoms with van der Waals surface area (Å²) in [5.41, 5.74) is 6.27. The molecule has 0 aromatic carbocycles. The Balaban J connectivity index is 3.30. The van der Waals surface area contributed by atoms with E-state index < -0.39 is 0 Å². The van der Waals surface area contributed by atoms with Crippen molar-refractivity contribution in [3.8, 4) is 0 Å². The van der Waals surface area contributed by atoms with Gasteiger partial charge in [-0.2, -0.15) is 0 Å².